The number of ether oxygens (including phenoxy) is 2. The van der Waals surface area contributed by atoms with Crippen molar-refractivity contribution in [2.75, 3.05) is 20.3 Å². The van der Waals surface area contributed by atoms with Crippen LogP contribution in [0.15, 0.2) is 0 Å². The van der Waals surface area contributed by atoms with Gasteiger partial charge in [0.05, 0.1) is 25.7 Å². The van der Waals surface area contributed by atoms with Crippen LogP contribution in [-0.4, -0.2) is 60.3 Å². The van der Waals surface area contributed by atoms with Gasteiger partial charge in [-0.2, -0.15) is 0 Å². The molecule has 9 unspecified atom stereocenters. The maximum absolute atomic E-state index is 12.6. The van der Waals surface area contributed by atoms with Crippen LogP contribution in [0.25, 0.3) is 0 Å². The zero-order valence-corrected chi connectivity index (χ0v) is 19.6. The van der Waals surface area contributed by atoms with Gasteiger partial charge in [-0.05, 0) is 74.5 Å². The molecule has 4 aliphatic rings. The molecule has 1 amide bonds. The third kappa shape index (κ3) is 3.36. The first-order chi connectivity index (χ1) is 15.1. The second-order valence-corrected chi connectivity index (χ2v) is 11.1. The van der Waals surface area contributed by atoms with Crippen molar-refractivity contribution >= 4 is 12.1 Å². The molecule has 4 aliphatic carbocycles. The van der Waals surface area contributed by atoms with E-state index in [1.165, 1.54) is 7.11 Å². The van der Waals surface area contributed by atoms with Gasteiger partial charge in [-0.3, -0.25) is 4.79 Å². The minimum atomic E-state index is -0.671. The summed E-state index contributed by atoms with van der Waals surface area (Å²) >= 11 is 0. The van der Waals surface area contributed by atoms with Crippen molar-refractivity contribution in [3.8, 4) is 0 Å². The fourth-order valence-corrected chi connectivity index (χ4v) is 8.26. The fraction of sp³-hybridized carbons (Fsp3) is 0.917. The topological polar surface area (TPSA) is 131 Å². The Hall–Kier alpha value is -1.38. The highest BCUT2D eigenvalue weighted by Gasteiger charge is 2.70. The molecule has 9 atom stereocenters. The summed E-state index contributed by atoms with van der Waals surface area (Å²) in [5.74, 6) is 0.341. The maximum atomic E-state index is 12.6. The smallest absolute Gasteiger partial charge is 0.407 e. The van der Waals surface area contributed by atoms with Gasteiger partial charge in [0.15, 0.2) is 0 Å². The second kappa shape index (κ2) is 8.44. The lowest BCUT2D eigenvalue weighted by Gasteiger charge is -2.65. The van der Waals surface area contributed by atoms with Crippen molar-refractivity contribution < 1.29 is 29.3 Å². The molecular weight excluding hydrogens is 412 g/mol. The van der Waals surface area contributed by atoms with Crippen molar-refractivity contribution in [2.24, 2.45) is 40.2 Å². The Bertz CT molecular complexity index is 748. The van der Waals surface area contributed by atoms with Crippen molar-refractivity contribution in [2.45, 2.75) is 83.0 Å². The van der Waals surface area contributed by atoms with Crippen LogP contribution in [-0.2, 0) is 14.3 Å². The van der Waals surface area contributed by atoms with Crippen LogP contribution in [0.3, 0.4) is 0 Å². The third-order valence-electron chi connectivity index (χ3n) is 10.2. The Morgan fingerprint density at radius 1 is 1.09 bits per heavy atom. The molecule has 8 nitrogen and oxygen atoms in total. The standard InChI is InChI=1S/C24H40N2O6/c1-22-8-6-15(32-21(30)26-10-11-27)12-14(22)4-5-16-18(22)13-19(28)23(2)17(20(29)31-3)7-9-24(16,23)25/h14-19,27-28H,4-13,25H2,1-3H3,(H,26,30). The second-order valence-electron chi connectivity index (χ2n) is 11.1. The number of carbonyl (C=O) groups is 2. The molecule has 0 bridgehead atoms. The van der Waals surface area contributed by atoms with Gasteiger partial charge in [0.25, 0.3) is 0 Å². The Kier molecular flexibility index (Phi) is 6.27. The highest BCUT2D eigenvalue weighted by Crippen LogP contribution is 2.68. The molecule has 0 radical (unpaired) electrons. The lowest BCUT2D eigenvalue weighted by atomic mass is 9.42. The van der Waals surface area contributed by atoms with E-state index in [-0.39, 0.29) is 48.4 Å². The predicted octanol–water partition coefficient (Wildman–Crippen LogP) is 1.96. The van der Waals surface area contributed by atoms with E-state index < -0.39 is 23.2 Å². The van der Waals surface area contributed by atoms with E-state index in [1.54, 1.807) is 0 Å². The van der Waals surface area contributed by atoms with Gasteiger partial charge >= 0.3 is 12.1 Å². The molecule has 32 heavy (non-hydrogen) atoms. The molecule has 182 valence electrons. The lowest BCUT2D eigenvalue weighted by Crippen LogP contribution is -2.71. The number of fused-ring (bicyclic) bond motifs is 5. The molecule has 5 N–H and O–H groups in total. The van der Waals surface area contributed by atoms with Crippen LogP contribution in [0.5, 0.6) is 0 Å². The number of aliphatic hydroxyl groups excluding tert-OH is 2. The van der Waals surface area contributed by atoms with Gasteiger partial charge in [0, 0.05) is 17.5 Å². The van der Waals surface area contributed by atoms with Crippen molar-refractivity contribution in [3.63, 3.8) is 0 Å². The number of alkyl carbamates (subject to hydrolysis) is 1. The molecule has 0 heterocycles. The molecule has 0 aromatic rings. The van der Waals surface area contributed by atoms with Crippen LogP contribution in [0.1, 0.15) is 65.2 Å². The number of esters is 1. The van der Waals surface area contributed by atoms with Gasteiger partial charge in [-0.15, -0.1) is 0 Å². The van der Waals surface area contributed by atoms with E-state index in [0.717, 1.165) is 38.5 Å². The molecular formula is C24H40N2O6. The van der Waals surface area contributed by atoms with Crippen LogP contribution >= 0.6 is 0 Å². The summed E-state index contributed by atoms with van der Waals surface area (Å²) in [6, 6.07) is 0. The largest absolute Gasteiger partial charge is 0.469 e. The summed E-state index contributed by atoms with van der Waals surface area (Å²) in [6.07, 6.45) is 5.35. The molecule has 4 rings (SSSR count). The highest BCUT2D eigenvalue weighted by molar-refractivity contribution is 5.74. The summed E-state index contributed by atoms with van der Waals surface area (Å²) < 4.78 is 10.7. The average molecular weight is 453 g/mol. The van der Waals surface area contributed by atoms with Gasteiger partial charge in [0.2, 0.25) is 0 Å². The van der Waals surface area contributed by atoms with Crippen molar-refractivity contribution in [1.29, 1.82) is 0 Å². The molecule has 4 saturated carbocycles. The van der Waals surface area contributed by atoms with Crippen LogP contribution in [0, 0.1) is 34.5 Å². The SMILES string of the molecule is COC(=O)C1CCC2(N)C3CCC4CC(OC(=O)NCCO)CCC4(C)C3CC(O)C12C. The Morgan fingerprint density at radius 2 is 1.84 bits per heavy atom. The first-order valence-electron chi connectivity index (χ1n) is 12.2. The molecule has 8 heteroatoms. The molecule has 0 aromatic heterocycles. The Labute approximate surface area is 190 Å². The number of amides is 1. The lowest BCUT2D eigenvalue weighted by molar-refractivity contribution is -0.188. The summed E-state index contributed by atoms with van der Waals surface area (Å²) in [7, 11) is 1.41. The number of carbonyl (C=O) groups excluding carboxylic acids is 2. The molecule has 0 aromatic carbocycles. The Balaban J connectivity index is 1.53. The zero-order chi connectivity index (χ0) is 23.3. The quantitative estimate of drug-likeness (QED) is 0.480. The molecule has 0 aliphatic heterocycles. The van der Waals surface area contributed by atoms with E-state index in [1.807, 2.05) is 6.92 Å². The maximum Gasteiger partial charge on any atom is 0.407 e. The zero-order valence-electron chi connectivity index (χ0n) is 19.6. The minimum Gasteiger partial charge on any atom is -0.469 e. The number of nitrogens with two attached hydrogens (primary N) is 1. The van der Waals surface area contributed by atoms with Gasteiger partial charge < -0.3 is 30.7 Å². The minimum absolute atomic E-state index is 0.0301. The van der Waals surface area contributed by atoms with E-state index in [2.05, 4.69) is 12.2 Å². The van der Waals surface area contributed by atoms with Crippen molar-refractivity contribution in [3.05, 3.63) is 0 Å². The van der Waals surface area contributed by atoms with Crippen molar-refractivity contribution in [1.82, 2.24) is 5.32 Å². The van der Waals surface area contributed by atoms with E-state index in [0.29, 0.717) is 18.8 Å². The number of nitrogens with one attached hydrogen (secondary N) is 1. The third-order valence-corrected chi connectivity index (χ3v) is 10.2. The summed E-state index contributed by atoms with van der Waals surface area (Å²) in [6.45, 7) is 4.43. The van der Waals surface area contributed by atoms with Crippen LogP contribution in [0.2, 0.25) is 0 Å². The number of rotatable bonds is 4. The molecule has 4 fully saturated rings. The normalized spacial score (nSPS) is 47.6. The van der Waals surface area contributed by atoms with E-state index in [4.69, 9.17) is 20.3 Å². The number of hydrogen-bond donors (Lipinski definition) is 4. The van der Waals surface area contributed by atoms with Crippen LogP contribution in [0.4, 0.5) is 4.79 Å². The predicted molar refractivity (Wildman–Crippen MR) is 117 cm³/mol. The van der Waals surface area contributed by atoms with Gasteiger partial charge in [-0.25, -0.2) is 4.79 Å². The summed E-state index contributed by atoms with van der Waals surface area (Å²) in [5, 5.41) is 22.9. The van der Waals surface area contributed by atoms with Gasteiger partial charge in [-0.1, -0.05) is 13.8 Å². The first-order valence-corrected chi connectivity index (χ1v) is 12.2. The molecule has 0 saturated heterocycles. The van der Waals surface area contributed by atoms with E-state index in [9.17, 15) is 14.7 Å². The number of aliphatic hydroxyl groups is 2. The van der Waals surface area contributed by atoms with Gasteiger partial charge in [0.1, 0.15) is 6.10 Å². The number of methoxy groups -OCH3 is 1. The fourth-order valence-electron chi connectivity index (χ4n) is 8.26. The Morgan fingerprint density at radius 3 is 2.53 bits per heavy atom. The van der Waals surface area contributed by atoms with E-state index >= 15 is 0 Å². The first kappa shape index (κ1) is 23.8. The monoisotopic (exact) mass is 452 g/mol. The number of hydrogen-bond acceptors (Lipinski definition) is 7. The highest BCUT2D eigenvalue weighted by atomic mass is 16.6. The average Bonchev–Trinajstić information content (AvgIpc) is 3.05. The molecule has 0 spiro atoms. The summed E-state index contributed by atoms with van der Waals surface area (Å²) in [5.41, 5.74) is 5.96. The summed E-state index contributed by atoms with van der Waals surface area (Å²) in [4.78, 5) is 24.5. The van der Waals surface area contributed by atoms with Crippen LogP contribution < -0.4 is 11.1 Å².